The molecule has 0 aliphatic heterocycles. The molecular weight excluding hydrogens is 288 g/mol. The van der Waals surface area contributed by atoms with Gasteiger partial charge in [-0.05, 0) is 34.1 Å². The molecule has 1 aromatic heterocycles. The topological polar surface area (TPSA) is 72.3 Å². The first kappa shape index (κ1) is 11.5. The Morgan fingerprint density at radius 2 is 2.24 bits per heavy atom. The van der Waals surface area contributed by atoms with Crippen molar-refractivity contribution >= 4 is 21.9 Å². The minimum Gasteiger partial charge on any atom is -0.478 e. The van der Waals surface area contributed by atoms with E-state index in [9.17, 15) is 4.79 Å². The van der Waals surface area contributed by atoms with E-state index in [0.29, 0.717) is 16.1 Å². The Labute approximate surface area is 105 Å². The van der Waals surface area contributed by atoms with Gasteiger partial charge in [-0.3, -0.25) is 0 Å². The maximum atomic E-state index is 10.8. The van der Waals surface area contributed by atoms with Gasteiger partial charge in [0, 0.05) is 6.20 Å². The quantitative estimate of drug-likeness (QED) is 0.942. The molecule has 0 aliphatic carbocycles. The van der Waals surface area contributed by atoms with E-state index in [2.05, 4.69) is 25.9 Å². The van der Waals surface area contributed by atoms with Gasteiger partial charge in [0.2, 0.25) is 5.88 Å². The molecule has 86 valence electrons. The molecule has 0 saturated heterocycles. The molecule has 0 unspecified atom stereocenters. The first-order chi connectivity index (χ1) is 8.16. The third kappa shape index (κ3) is 2.79. The van der Waals surface area contributed by atoms with Crippen LogP contribution in [0.4, 0.5) is 0 Å². The van der Waals surface area contributed by atoms with Crippen LogP contribution < -0.4 is 4.74 Å². The van der Waals surface area contributed by atoms with Gasteiger partial charge < -0.3 is 9.84 Å². The van der Waals surface area contributed by atoms with Crippen LogP contribution in [0.2, 0.25) is 0 Å². The number of hydrogen-bond acceptors (Lipinski definition) is 4. The van der Waals surface area contributed by atoms with E-state index in [4.69, 9.17) is 9.84 Å². The first-order valence-electron chi connectivity index (χ1n) is 4.63. The minimum absolute atomic E-state index is 0.160. The summed E-state index contributed by atoms with van der Waals surface area (Å²) in [5.74, 6) is -0.260. The Morgan fingerprint density at radius 1 is 1.41 bits per heavy atom. The Morgan fingerprint density at radius 3 is 2.94 bits per heavy atom. The fourth-order valence-corrected chi connectivity index (χ4v) is 1.48. The van der Waals surface area contributed by atoms with E-state index in [1.807, 2.05) is 0 Å². The number of rotatable bonds is 3. The summed E-state index contributed by atoms with van der Waals surface area (Å²) < 4.78 is 6.04. The number of aromatic carboxylic acids is 1. The highest BCUT2D eigenvalue weighted by Crippen LogP contribution is 2.26. The van der Waals surface area contributed by atoms with Gasteiger partial charge in [0.25, 0.3) is 0 Å². The van der Waals surface area contributed by atoms with Crippen molar-refractivity contribution in [1.82, 2.24) is 9.97 Å². The van der Waals surface area contributed by atoms with Crippen LogP contribution in [0.1, 0.15) is 10.4 Å². The number of carbonyl (C=O) groups is 1. The van der Waals surface area contributed by atoms with Crippen molar-refractivity contribution in [2.24, 2.45) is 0 Å². The van der Waals surface area contributed by atoms with Crippen LogP contribution in [0.5, 0.6) is 11.6 Å². The minimum atomic E-state index is -1.00. The summed E-state index contributed by atoms with van der Waals surface area (Å²) in [7, 11) is 0. The molecule has 0 fully saturated rings. The maximum Gasteiger partial charge on any atom is 0.335 e. The van der Waals surface area contributed by atoms with Gasteiger partial charge in [0.05, 0.1) is 10.0 Å². The smallest absolute Gasteiger partial charge is 0.335 e. The van der Waals surface area contributed by atoms with Crippen molar-refractivity contribution in [2.45, 2.75) is 0 Å². The summed E-state index contributed by atoms with van der Waals surface area (Å²) >= 11 is 3.23. The number of carboxylic acid groups (broad SMARTS) is 1. The maximum absolute atomic E-state index is 10.8. The number of halogens is 1. The lowest BCUT2D eigenvalue weighted by molar-refractivity contribution is 0.0696. The zero-order valence-corrected chi connectivity index (χ0v) is 10.1. The van der Waals surface area contributed by atoms with Gasteiger partial charge in [-0.15, -0.1) is 0 Å². The highest BCUT2D eigenvalue weighted by Gasteiger charge is 2.07. The highest BCUT2D eigenvalue weighted by atomic mass is 79.9. The Balaban J connectivity index is 2.28. The second kappa shape index (κ2) is 4.92. The van der Waals surface area contributed by atoms with E-state index < -0.39 is 5.97 Å². The summed E-state index contributed by atoms with van der Waals surface area (Å²) in [5, 5.41) is 8.84. The third-order valence-electron chi connectivity index (χ3n) is 1.93. The van der Waals surface area contributed by atoms with Crippen LogP contribution in [0, 0.1) is 0 Å². The molecular formula is C11H7BrN2O3. The van der Waals surface area contributed by atoms with E-state index >= 15 is 0 Å². The largest absolute Gasteiger partial charge is 0.478 e. The molecule has 6 heteroatoms. The second-order valence-corrected chi connectivity index (χ2v) is 3.97. The Hall–Kier alpha value is -1.95. The van der Waals surface area contributed by atoms with E-state index in [1.54, 1.807) is 18.3 Å². The molecule has 0 radical (unpaired) electrons. The van der Waals surface area contributed by atoms with Crippen molar-refractivity contribution in [3.05, 3.63) is 46.8 Å². The average molecular weight is 295 g/mol. The Bertz CT molecular complexity index is 560. The molecule has 5 nitrogen and oxygen atoms in total. The fraction of sp³-hybridized carbons (Fsp3) is 0. The lowest BCUT2D eigenvalue weighted by Crippen LogP contribution is -1.96. The van der Waals surface area contributed by atoms with Gasteiger partial charge >= 0.3 is 5.97 Å². The standard InChI is InChI=1S/C11H7BrN2O3/c12-9-5-13-6-14-10(9)17-8-3-1-2-7(4-8)11(15)16/h1-6H,(H,15,16). The van der Waals surface area contributed by atoms with E-state index in [-0.39, 0.29) is 5.56 Å². The van der Waals surface area contributed by atoms with E-state index in [1.165, 1.54) is 18.5 Å². The van der Waals surface area contributed by atoms with Crippen molar-refractivity contribution < 1.29 is 14.6 Å². The molecule has 1 aromatic carbocycles. The van der Waals surface area contributed by atoms with Gasteiger partial charge in [-0.25, -0.2) is 14.8 Å². The average Bonchev–Trinajstić information content (AvgIpc) is 2.32. The lowest BCUT2D eigenvalue weighted by atomic mass is 10.2. The summed E-state index contributed by atoms with van der Waals surface area (Å²) in [4.78, 5) is 18.5. The normalized spacial score (nSPS) is 9.94. The van der Waals surface area contributed by atoms with Crippen LogP contribution in [0.3, 0.4) is 0 Å². The summed E-state index contributed by atoms with van der Waals surface area (Å²) in [6.45, 7) is 0. The van der Waals surface area contributed by atoms with Crippen LogP contribution >= 0.6 is 15.9 Å². The number of carboxylic acids is 1. The molecule has 0 aliphatic rings. The summed E-state index contributed by atoms with van der Waals surface area (Å²) in [5.41, 5.74) is 0.160. The predicted octanol–water partition coefficient (Wildman–Crippen LogP) is 2.73. The van der Waals surface area contributed by atoms with Crippen LogP contribution in [0.25, 0.3) is 0 Å². The Kier molecular flexibility index (Phi) is 3.34. The zero-order chi connectivity index (χ0) is 12.3. The summed E-state index contributed by atoms with van der Waals surface area (Å²) in [6, 6.07) is 6.18. The van der Waals surface area contributed by atoms with Crippen LogP contribution in [-0.4, -0.2) is 21.0 Å². The number of aromatic nitrogens is 2. The molecule has 1 N–H and O–H groups in total. The van der Waals surface area contributed by atoms with Gasteiger partial charge in [-0.1, -0.05) is 6.07 Å². The molecule has 2 rings (SSSR count). The molecule has 0 atom stereocenters. The lowest BCUT2D eigenvalue weighted by Gasteiger charge is -2.06. The van der Waals surface area contributed by atoms with E-state index in [0.717, 1.165) is 0 Å². The van der Waals surface area contributed by atoms with Crippen molar-refractivity contribution in [1.29, 1.82) is 0 Å². The molecule has 17 heavy (non-hydrogen) atoms. The molecule has 2 aromatic rings. The predicted molar refractivity (Wildman–Crippen MR) is 63.2 cm³/mol. The van der Waals surface area contributed by atoms with Crippen molar-refractivity contribution in [3.63, 3.8) is 0 Å². The van der Waals surface area contributed by atoms with Gasteiger partial charge in [0.1, 0.15) is 12.1 Å². The van der Waals surface area contributed by atoms with Crippen LogP contribution in [-0.2, 0) is 0 Å². The van der Waals surface area contributed by atoms with Crippen molar-refractivity contribution in [3.8, 4) is 11.6 Å². The number of benzene rings is 1. The number of hydrogen-bond donors (Lipinski definition) is 1. The molecule has 0 amide bonds. The fourth-order valence-electron chi connectivity index (χ4n) is 1.18. The molecule has 0 saturated carbocycles. The SMILES string of the molecule is O=C(O)c1cccc(Oc2ncncc2Br)c1. The first-order valence-corrected chi connectivity index (χ1v) is 5.43. The van der Waals surface area contributed by atoms with Gasteiger partial charge in [0.15, 0.2) is 0 Å². The highest BCUT2D eigenvalue weighted by molar-refractivity contribution is 9.10. The molecule has 1 heterocycles. The van der Waals surface area contributed by atoms with Crippen molar-refractivity contribution in [2.75, 3.05) is 0 Å². The van der Waals surface area contributed by atoms with Gasteiger partial charge in [-0.2, -0.15) is 0 Å². The molecule has 0 bridgehead atoms. The second-order valence-electron chi connectivity index (χ2n) is 3.11. The summed E-state index contributed by atoms with van der Waals surface area (Å²) in [6.07, 6.45) is 2.89. The third-order valence-corrected chi connectivity index (χ3v) is 2.47. The zero-order valence-electron chi connectivity index (χ0n) is 8.50. The monoisotopic (exact) mass is 294 g/mol. The molecule has 0 spiro atoms. The number of nitrogens with zero attached hydrogens (tertiary/aromatic N) is 2. The number of ether oxygens (including phenoxy) is 1. The van der Waals surface area contributed by atoms with Crippen LogP contribution in [0.15, 0.2) is 41.3 Å².